The maximum absolute atomic E-state index is 11.4. The van der Waals surface area contributed by atoms with Gasteiger partial charge in [-0.3, -0.25) is 0 Å². The van der Waals surface area contributed by atoms with Gasteiger partial charge in [0.25, 0.3) is 0 Å². The highest BCUT2D eigenvalue weighted by Gasteiger charge is 2.21. The molecule has 1 aromatic heterocycles. The number of aromatic nitrogens is 2. The molecule has 0 bridgehead atoms. The van der Waals surface area contributed by atoms with Crippen molar-refractivity contribution in [2.75, 3.05) is 13.2 Å². The molecule has 0 saturated carbocycles. The van der Waals surface area contributed by atoms with Crippen LogP contribution < -0.4 is 4.74 Å². The van der Waals surface area contributed by atoms with Gasteiger partial charge in [0, 0.05) is 12.0 Å². The Morgan fingerprint density at radius 2 is 2.60 bits per heavy atom. The van der Waals surface area contributed by atoms with Crippen LogP contribution in [0, 0.1) is 5.92 Å². The minimum atomic E-state index is -0.393. The molecule has 0 N–H and O–H groups in total. The molecule has 1 aliphatic rings. The van der Waals surface area contributed by atoms with E-state index in [0.29, 0.717) is 30.7 Å². The molecule has 5 heteroatoms. The molecule has 1 atom stereocenters. The topological polar surface area (TPSA) is 53.4 Å². The molecule has 1 aliphatic heterocycles. The Kier molecular flexibility index (Phi) is 2.62. The van der Waals surface area contributed by atoms with E-state index in [1.807, 2.05) is 0 Å². The predicted molar refractivity (Wildman–Crippen MR) is 52.8 cm³/mol. The molecule has 1 aromatic rings. The molecule has 0 aromatic carbocycles. The number of rotatable bonds is 2. The van der Waals surface area contributed by atoms with Gasteiger partial charge in [-0.2, -0.15) is 5.10 Å². The molecular formula is C10H14N2O3. The van der Waals surface area contributed by atoms with Crippen LogP contribution in [0.2, 0.25) is 0 Å². The normalized spacial score (nSPS) is 19.2. The quantitative estimate of drug-likeness (QED) is 0.685. The SMILES string of the molecule is CCOC(=O)c1cc2n(n1)CC(C)CO2. The van der Waals surface area contributed by atoms with E-state index in [1.54, 1.807) is 17.7 Å². The van der Waals surface area contributed by atoms with Crippen LogP contribution in [0.1, 0.15) is 24.3 Å². The van der Waals surface area contributed by atoms with Crippen LogP contribution in [0.4, 0.5) is 0 Å². The van der Waals surface area contributed by atoms with Crippen molar-refractivity contribution in [2.45, 2.75) is 20.4 Å². The van der Waals surface area contributed by atoms with Crippen molar-refractivity contribution >= 4 is 5.97 Å². The summed E-state index contributed by atoms with van der Waals surface area (Å²) in [5, 5.41) is 4.14. The smallest absolute Gasteiger partial charge is 0.358 e. The Morgan fingerprint density at radius 1 is 1.80 bits per heavy atom. The van der Waals surface area contributed by atoms with Gasteiger partial charge < -0.3 is 9.47 Å². The van der Waals surface area contributed by atoms with Crippen LogP contribution in [-0.4, -0.2) is 29.0 Å². The lowest BCUT2D eigenvalue weighted by Crippen LogP contribution is -2.23. The highest BCUT2D eigenvalue weighted by atomic mass is 16.5. The third-order valence-corrected chi connectivity index (χ3v) is 2.23. The summed E-state index contributed by atoms with van der Waals surface area (Å²) in [6.45, 7) is 5.67. The molecule has 0 aliphatic carbocycles. The van der Waals surface area contributed by atoms with Gasteiger partial charge in [0.2, 0.25) is 5.88 Å². The highest BCUT2D eigenvalue weighted by molar-refractivity contribution is 5.87. The van der Waals surface area contributed by atoms with Gasteiger partial charge in [0.1, 0.15) is 0 Å². The number of hydrogen-bond acceptors (Lipinski definition) is 4. The molecule has 15 heavy (non-hydrogen) atoms. The molecule has 2 rings (SSSR count). The molecule has 0 saturated heterocycles. The molecule has 5 nitrogen and oxygen atoms in total. The van der Waals surface area contributed by atoms with Crippen molar-refractivity contribution in [1.29, 1.82) is 0 Å². The Hall–Kier alpha value is -1.52. The second-order valence-corrected chi connectivity index (χ2v) is 3.69. The fourth-order valence-electron chi connectivity index (χ4n) is 1.53. The van der Waals surface area contributed by atoms with Crippen molar-refractivity contribution in [1.82, 2.24) is 9.78 Å². The van der Waals surface area contributed by atoms with E-state index in [0.717, 1.165) is 6.54 Å². The Morgan fingerprint density at radius 3 is 3.33 bits per heavy atom. The lowest BCUT2D eigenvalue weighted by atomic mass is 10.2. The number of carbonyl (C=O) groups excluding carboxylic acids is 1. The van der Waals surface area contributed by atoms with Gasteiger partial charge in [-0.25, -0.2) is 9.48 Å². The van der Waals surface area contributed by atoms with Crippen molar-refractivity contribution in [3.8, 4) is 5.88 Å². The Balaban J connectivity index is 2.19. The first-order valence-electron chi connectivity index (χ1n) is 5.08. The van der Waals surface area contributed by atoms with Crippen molar-refractivity contribution in [3.05, 3.63) is 11.8 Å². The van der Waals surface area contributed by atoms with E-state index in [9.17, 15) is 4.79 Å². The van der Waals surface area contributed by atoms with Crippen LogP contribution in [0.5, 0.6) is 5.88 Å². The van der Waals surface area contributed by atoms with Gasteiger partial charge >= 0.3 is 5.97 Å². The first kappa shape index (κ1) is 10.0. The molecule has 0 fully saturated rings. The van der Waals surface area contributed by atoms with Crippen LogP contribution >= 0.6 is 0 Å². The summed E-state index contributed by atoms with van der Waals surface area (Å²) in [5.74, 6) is 0.680. The Labute approximate surface area is 88.0 Å². The maximum Gasteiger partial charge on any atom is 0.358 e. The van der Waals surface area contributed by atoms with Gasteiger partial charge in [0.05, 0.1) is 19.8 Å². The summed E-state index contributed by atoms with van der Waals surface area (Å²) in [7, 11) is 0. The average Bonchev–Trinajstić information content (AvgIpc) is 2.60. The number of fused-ring (bicyclic) bond motifs is 1. The molecule has 0 radical (unpaired) electrons. The molecule has 0 amide bonds. The first-order valence-corrected chi connectivity index (χ1v) is 5.08. The molecule has 1 unspecified atom stereocenters. The number of esters is 1. The summed E-state index contributed by atoms with van der Waals surface area (Å²) in [4.78, 5) is 11.4. The van der Waals surface area contributed by atoms with Crippen LogP contribution in [0.25, 0.3) is 0 Å². The fraction of sp³-hybridized carbons (Fsp3) is 0.600. The van der Waals surface area contributed by atoms with Crippen molar-refractivity contribution in [3.63, 3.8) is 0 Å². The lowest BCUT2D eigenvalue weighted by Gasteiger charge is -2.20. The van der Waals surface area contributed by atoms with Crippen molar-refractivity contribution < 1.29 is 14.3 Å². The molecular weight excluding hydrogens is 196 g/mol. The zero-order valence-corrected chi connectivity index (χ0v) is 8.90. The third kappa shape index (κ3) is 1.95. The summed E-state index contributed by atoms with van der Waals surface area (Å²) >= 11 is 0. The minimum Gasteiger partial charge on any atom is -0.477 e. The van der Waals surface area contributed by atoms with Crippen LogP contribution in [0.15, 0.2) is 6.07 Å². The zero-order chi connectivity index (χ0) is 10.8. The zero-order valence-electron chi connectivity index (χ0n) is 8.90. The third-order valence-electron chi connectivity index (χ3n) is 2.23. The van der Waals surface area contributed by atoms with Crippen molar-refractivity contribution in [2.24, 2.45) is 5.92 Å². The van der Waals surface area contributed by atoms with E-state index >= 15 is 0 Å². The number of hydrogen-bond donors (Lipinski definition) is 0. The van der Waals surface area contributed by atoms with E-state index in [2.05, 4.69) is 12.0 Å². The maximum atomic E-state index is 11.4. The minimum absolute atomic E-state index is 0.320. The van der Waals surface area contributed by atoms with E-state index in [-0.39, 0.29) is 0 Å². The summed E-state index contributed by atoms with van der Waals surface area (Å²) in [6.07, 6.45) is 0. The van der Waals surface area contributed by atoms with Gasteiger partial charge in [-0.05, 0) is 6.92 Å². The summed E-state index contributed by atoms with van der Waals surface area (Å²) in [5.41, 5.74) is 0.320. The molecule has 0 spiro atoms. The van der Waals surface area contributed by atoms with Gasteiger partial charge in [-0.15, -0.1) is 0 Å². The lowest BCUT2D eigenvalue weighted by molar-refractivity contribution is 0.0518. The van der Waals surface area contributed by atoms with Crippen LogP contribution in [0.3, 0.4) is 0 Å². The number of ether oxygens (including phenoxy) is 2. The fourth-order valence-corrected chi connectivity index (χ4v) is 1.53. The summed E-state index contributed by atoms with van der Waals surface area (Å²) in [6, 6.07) is 1.63. The van der Waals surface area contributed by atoms with Gasteiger partial charge in [-0.1, -0.05) is 6.92 Å². The second kappa shape index (κ2) is 3.92. The van der Waals surface area contributed by atoms with E-state index in [4.69, 9.17) is 9.47 Å². The second-order valence-electron chi connectivity index (χ2n) is 3.69. The molecule has 82 valence electrons. The Bertz CT molecular complexity index is 373. The predicted octanol–water partition coefficient (Wildman–Crippen LogP) is 1.09. The van der Waals surface area contributed by atoms with Crippen LogP contribution in [-0.2, 0) is 11.3 Å². The van der Waals surface area contributed by atoms with E-state index < -0.39 is 5.97 Å². The van der Waals surface area contributed by atoms with Gasteiger partial charge in [0.15, 0.2) is 5.69 Å². The largest absolute Gasteiger partial charge is 0.477 e. The standard InChI is InChI=1S/C10H14N2O3/c1-3-14-10(13)8-4-9-12(11-8)5-7(2)6-15-9/h4,7H,3,5-6H2,1-2H3. The number of carbonyl (C=O) groups is 1. The highest BCUT2D eigenvalue weighted by Crippen LogP contribution is 2.21. The number of nitrogens with zero attached hydrogens (tertiary/aromatic N) is 2. The first-order chi connectivity index (χ1) is 7.20. The molecule has 2 heterocycles. The van der Waals surface area contributed by atoms with E-state index in [1.165, 1.54) is 0 Å². The summed E-state index contributed by atoms with van der Waals surface area (Å²) < 4.78 is 12.0. The monoisotopic (exact) mass is 210 g/mol. The average molecular weight is 210 g/mol.